The van der Waals surface area contributed by atoms with Gasteiger partial charge in [0, 0.05) is 42.8 Å². The minimum Gasteiger partial charge on any atom is -0.451 e. The van der Waals surface area contributed by atoms with Gasteiger partial charge in [-0.2, -0.15) is 0 Å². The van der Waals surface area contributed by atoms with E-state index in [4.69, 9.17) is 14.2 Å². The quantitative estimate of drug-likeness (QED) is 0.296. The van der Waals surface area contributed by atoms with Crippen LogP contribution in [0.5, 0.6) is 5.75 Å². The molecule has 0 fully saturated rings. The molecule has 0 unspecified atom stereocenters. The second-order valence-corrected chi connectivity index (χ2v) is 11.0. The van der Waals surface area contributed by atoms with Crippen LogP contribution in [-0.2, 0) is 20.0 Å². The molecule has 14 heteroatoms. The van der Waals surface area contributed by atoms with E-state index in [0.717, 1.165) is 22.9 Å². The average Bonchev–Trinajstić information content (AvgIpc) is 3.35. The van der Waals surface area contributed by atoms with Gasteiger partial charge in [0.2, 0.25) is 18.0 Å². The maximum Gasteiger partial charge on any atom is 0.510 e. The van der Waals surface area contributed by atoms with Gasteiger partial charge >= 0.3 is 6.16 Å². The second-order valence-electron chi connectivity index (χ2n) is 8.85. The number of methoxy groups -OCH3 is 2. The van der Waals surface area contributed by atoms with Gasteiger partial charge in [-0.25, -0.2) is 13.6 Å². The number of hydrogen-bond donors (Lipinski definition) is 0. The predicted octanol–water partition coefficient (Wildman–Crippen LogP) is 4.09. The number of halogens is 2. The third kappa shape index (κ3) is 4.80. The number of ether oxygens (including phenoxy) is 4. The Bertz CT molecular complexity index is 1510. The lowest BCUT2D eigenvalue weighted by Gasteiger charge is -2.48. The number of carbonyl (C=O) groups excluding carboxylic acids is 2. The van der Waals surface area contributed by atoms with Crippen LogP contribution < -0.4 is 15.2 Å². The number of amides is 1. The SMILES string of the molecule is COCCN1C(=O)c2c(OCOC(=O)OC)c(=O)ccn2N([C@H]2c3ccsc3SCc3c2ccc(F)c3F)[C@@H]1C. The number of hydrogen-bond acceptors (Lipinski definition) is 10. The molecule has 0 aliphatic carbocycles. The summed E-state index contributed by atoms with van der Waals surface area (Å²) in [4.78, 5) is 39.7. The number of pyridine rings is 1. The van der Waals surface area contributed by atoms with Gasteiger partial charge < -0.3 is 23.8 Å². The largest absolute Gasteiger partial charge is 0.510 e. The number of thiophene rings is 1. The molecule has 0 bridgehead atoms. The van der Waals surface area contributed by atoms with Crippen molar-refractivity contribution in [1.82, 2.24) is 9.58 Å². The van der Waals surface area contributed by atoms with E-state index in [-0.39, 0.29) is 35.9 Å². The Morgan fingerprint density at radius 3 is 2.67 bits per heavy atom. The van der Waals surface area contributed by atoms with E-state index in [2.05, 4.69) is 4.74 Å². The fraction of sp³-hybridized carbons (Fsp3) is 0.346. The maximum atomic E-state index is 15.2. The zero-order valence-electron chi connectivity index (χ0n) is 21.7. The summed E-state index contributed by atoms with van der Waals surface area (Å²) in [5.41, 5.74) is 0.853. The summed E-state index contributed by atoms with van der Waals surface area (Å²) < 4.78 is 51.9. The topological polar surface area (TPSA) is 99.5 Å². The molecule has 2 atom stereocenters. The van der Waals surface area contributed by atoms with Crippen LogP contribution in [0.3, 0.4) is 0 Å². The molecule has 0 saturated carbocycles. The molecule has 212 valence electrons. The molecule has 0 spiro atoms. The summed E-state index contributed by atoms with van der Waals surface area (Å²) in [7, 11) is 2.62. The fourth-order valence-corrected chi connectivity index (χ4v) is 7.09. The van der Waals surface area contributed by atoms with Crippen molar-refractivity contribution >= 4 is 35.2 Å². The molecular formula is C26H25F2N3O7S2. The highest BCUT2D eigenvalue weighted by Crippen LogP contribution is 2.47. The van der Waals surface area contributed by atoms with Crippen LogP contribution in [0.15, 0.2) is 44.8 Å². The minimum absolute atomic E-state index is 0.118. The van der Waals surface area contributed by atoms with Gasteiger partial charge in [0.25, 0.3) is 5.91 Å². The van der Waals surface area contributed by atoms with Crippen LogP contribution in [0.4, 0.5) is 13.6 Å². The van der Waals surface area contributed by atoms with Crippen molar-refractivity contribution in [3.63, 3.8) is 0 Å². The first-order valence-corrected chi connectivity index (χ1v) is 14.0. The molecule has 40 heavy (non-hydrogen) atoms. The predicted molar refractivity (Wildman–Crippen MR) is 142 cm³/mol. The molecule has 10 nitrogen and oxygen atoms in total. The number of benzene rings is 1. The van der Waals surface area contributed by atoms with E-state index in [9.17, 15) is 18.8 Å². The highest BCUT2D eigenvalue weighted by Gasteiger charge is 2.43. The fourth-order valence-electron chi connectivity index (χ4n) is 4.90. The standard InChI is InChI=1S/C26H25F2N3O7S2/c1-14-29(9-10-35-2)24(33)22-23(37-13-38-26(34)36-3)19(32)6-8-30(22)31(14)21-15-4-5-18(27)20(28)17(15)12-40-25-16(21)7-11-39-25/h4-8,11,14,21H,9-10,12-13H2,1-3H3/t14-,21-/m1/s1. The van der Waals surface area contributed by atoms with Gasteiger partial charge in [0.15, 0.2) is 17.3 Å². The number of aromatic nitrogens is 1. The van der Waals surface area contributed by atoms with Crippen LogP contribution in [0, 0.1) is 11.6 Å². The Hall–Kier alpha value is -3.62. The second kappa shape index (κ2) is 11.5. The summed E-state index contributed by atoms with van der Waals surface area (Å²) in [6, 6.07) is 5.12. The molecule has 5 rings (SSSR count). The zero-order chi connectivity index (χ0) is 28.6. The van der Waals surface area contributed by atoms with E-state index < -0.39 is 48.1 Å². The van der Waals surface area contributed by atoms with Crippen molar-refractivity contribution in [2.45, 2.75) is 29.1 Å². The molecule has 4 heterocycles. The summed E-state index contributed by atoms with van der Waals surface area (Å²) in [6.07, 6.45) is -0.212. The zero-order valence-corrected chi connectivity index (χ0v) is 23.4. The Kier molecular flexibility index (Phi) is 8.01. The smallest absolute Gasteiger partial charge is 0.451 e. The van der Waals surface area contributed by atoms with Crippen molar-refractivity contribution < 1.29 is 37.3 Å². The van der Waals surface area contributed by atoms with Crippen LogP contribution >= 0.6 is 23.1 Å². The number of thioether (sulfide) groups is 1. The summed E-state index contributed by atoms with van der Waals surface area (Å²) in [5, 5.41) is 3.75. The molecule has 2 aliphatic heterocycles. The van der Waals surface area contributed by atoms with Crippen molar-refractivity contribution in [3.05, 3.63) is 80.1 Å². The van der Waals surface area contributed by atoms with E-state index in [1.165, 1.54) is 52.0 Å². The normalized spacial score (nSPS) is 18.0. The first kappa shape index (κ1) is 27.9. The summed E-state index contributed by atoms with van der Waals surface area (Å²) >= 11 is 2.89. The molecular weight excluding hydrogens is 568 g/mol. The Balaban J connectivity index is 1.72. The summed E-state index contributed by atoms with van der Waals surface area (Å²) in [5.74, 6) is -2.52. The van der Waals surface area contributed by atoms with Crippen molar-refractivity contribution in [3.8, 4) is 5.75 Å². The van der Waals surface area contributed by atoms with Gasteiger partial charge in [-0.1, -0.05) is 6.07 Å². The van der Waals surface area contributed by atoms with Gasteiger partial charge in [-0.3, -0.25) is 19.3 Å². The number of carbonyl (C=O) groups is 2. The molecule has 3 aromatic rings. The number of fused-ring (bicyclic) bond motifs is 3. The van der Waals surface area contributed by atoms with Gasteiger partial charge in [0.1, 0.15) is 12.2 Å². The lowest BCUT2D eigenvalue weighted by atomic mass is 9.95. The summed E-state index contributed by atoms with van der Waals surface area (Å²) in [6.45, 7) is 1.49. The molecule has 0 radical (unpaired) electrons. The van der Waals surface area contributed by atoms with Gasteiger partial charge in [0.05, 0.1) is 17.9 Å². The molecule has 0 N–H and O–H groups in total. The third-order valence-electron chi connectivity index (χ3n) is 6.76. The van der Waals surface area contributed by atoms with Crippen molar-refractivity contribution in [2.75, 3.05) is 39.2 Å². The van der Waals surface area contributed by atoms with Crippen LogP contribution in [0.2, 0.25) is 0 Å². The Morgan fingerprint density at radius 2 is 1.93 bits per heavy atom. The Morgan fingerprint density at radius 1 is 1.12 bits per heavy atom. The van der Waals surface area contributed by atoms with Gasteiger partial charge in [-0.05, 0) is 30.0 Å². The van der Waals surface area contributed by atoms with E-state index in [0.29, 0.717) is 5.56 Å². The van der Waals surface area contributed by atoms with Crippen LogP contribution in [0.25, 0.3) is 0 Å². The molecule has 1 amide bonds. The van der Waals surface area contributed by atoms with Crippen LogP contribution in [0.1, 0.15) is 40.1 Å². The molecule has 1 aromatic carbocycles. The lowest BCUT2D eigenvalue weighted by molar-refractivity contribution is 0.0128. The van der Waals surface area contributed by atoms with Crippen molar-refractivity contribution in [1.29, 1.82) is 0 Å². The van der Waals surface area contributed by atoms with Crippen LogP contribution in [-0.4, -0.2) is 62.0 Å². The lowest BCUT2D eigenvalue weighted by Crippen LogP contribution is -2.62. The molecule has 2 aliphatic rings. The highest BCUT2D eigenvalue weighted by atomic mass is 32.2. The van der Waals surface area contributed by atoms with Gasteiger partial charge in [-0.15, -0.1) is 23.1 Å². The van der Waals surface area contributed by atoms with E-state index >= 15 is 4.39 Å². The molecule has 2 aromatic heterocycles. The van der Waals surface area contributed by atoms with E-state index in [1.54, 1.807) is 13.0 Å². The third-order valence-corrected chi connectivity index (χ3v) is 9.05. The minimum atomic E-state index is -1.03. The number of rotatable bonds is 7. The monoisotopic (exact) mass is 593 g/mol. The molecule has 0 saturated heterocycles. The first-order chi connectivity index (χ1) is 19.3. The highest BCUT2D eigenvalue weighted by molar-refractivity contribution is 8.00. The van der Waals surface area contributed by atoms with Crippen molar-refractivity contribution in [2.24, 2.45) is 0 Å². The average molecular weight is 594 g/mol. The Labute approximate surface area is 236 Å². The number of nitrogens with zero attached hydrogens (tertiary/aromatic N) is 3. The van der Waals surface area contributed by atoms with E-state index in [1.807, 2.05) is 16.5 Å². The first-order valence-electron chi connectivity index (χ1n) is 12.1. The maximum absolute atomic E-state index is 15.2.